The van der Waals surface area contributed by atoms with Gasteiger partial charge in [-0.3, -0.25) is 10.4 Å². The number of halogens is 2. The summed E-state index contributed by atoms with van der Waals surface area (Å²) >= 11 is 10.8. The minimum absolute atomic E-state index is 0.244. The number of nitrogens with one attached hydrogen (secondary N) is 1. The van der Waals surface area contributed by atoms with Crippen LogP contribution in [0.4, 0.5) is 11.5 Å². The fraction of sp³-hybridized carbons (Fsp3) is 0.154. The van der Waals surface area contributed by atoms with Crippen LogP contribution >= 0.6 is 39.3 Å². The lowest BCUT2D eigenvalue weighted by Gasteiger charge is -2.28. The van der Waals surface area contributed by atoms with E-state index in [0.717, 1.165) is 31.7 Å². The van der Waals surface area contributed by atoms with Crippen molar-refractivity contribution in [3.05, 3.63) is 39.7 Å². The number of hydrazine groups is 1. The number of aliphatic imine (C=N–C) groups is 1. The van der Waals surface area contributed by atoms with E-state index in [1.54, 1.807) is 5.01 Å². The number of thioether (sulfide) groups is 1. The molecule has 0 fully saturated rings. The number of fused-ring (bicyclic) bond motifs is 1. The zero-order chi connectivity index (χ0) is 15.0. The van der Waals surface area contributed by atoms with Crippen LogP contribution < -0.4 is 10.4 Å². The van der Waals surface area contributed by atoms with Crippen LogP contribution in [0.3, 0.4) is 0 Å². The first kappa shape index (κ1) is 14.6. The van der Waals surface area contributed by atoms with E-state index in [-0.39, 0.29) is 5.28 Å². The Kier molecular flexibility index (Phi) is 4.05. The smallest absolute Gasteiger partial charge is 0.224 e. The molecule has 5 nitrogen and oxygen atoms in total. The maximum atomic E-state index is 5.91. The molecule has 21 heavy (non-hydrogen) atoms. The van der Waals surface area contributed by atoms with Crippen molar-refractivity contribution in [2.45, 2.75) is 11.8 Å². The number of anilines is 1. The molecule has 0 aliphatic carbocycles. The number of aromatic nitrogens is 2. The van der Waals surface area contributed by atoms with Crippen molar-refractivity contribution >= 4 is 56.0 Å². The van der Waals surface area contributed by atoms with Gasteiger partial charge in [0.1, 0.15) is 0 Å². The predicted molar refractivity (Wildman–Crippen MR) is 90.4 cm³/mol. The third kappa shape index (κ3) is 3.14. The summed E-state index contributed by atoms with van der Waals surface area (Å²) in [4.78, 5) is 14.0. The number of aryl methyl sites for hydroxylation is 1. The quantitative estimate of drug-likeness (QED) is 0.755. The third-order valence-corrected chi connectivity index (χ3v) is 4.58. The van der Waals surface area contributed by atoms with Crippen molar-refractivity contribution in [3.63, 3.8) is 0 Å². The van der Waals surface area contributed by atoms with Crippen molar-refractivity contribution in [1.82, 2.24) is 15.4 Å². The summed E-state index contributed by atoms with van der Waals surface area (Å²) in [6.07, 6.45) is 0. The Morgan fingerprint density at radius 2 is 2.00 bits per heavy atom. The van der Waals surface area contributed by atoms with Gasteiger partial charge in [0.25, 0.3) is 0 Å². The highest BCUT2D eigenvalue weighted by molar-refractivity contribution is 9.10. The Bertz CT molecular complexity index is 719. The van der Waals surface area contributed by atoms with E-state index >= 15 is 0 Å². The minimum atomic E-state index is 0.244. The highest BCUT2D eigenvalue weighted by atomic mass is 79.9. The molecule has 1 aliphatic rings. The zero-order valence-corrected chi connectivity index (χ0v) is 14.4. The van der Waals surface area contributed by atoms with Crippen LogP contribution in [0, 0.1) is 6.92 Å². The second-order valence-corrected chi connectivity index (χ2v) is 6.65. The van der Waals surface area contributed by atoms with Crippen LogP contribution in [0.15, 0.2) is 38.6 Å². The van der Waals surface area contributed by atoms with Crippen molar-refractivity contribution in [2.24, 2.45) is 4.99 Å². The standard InChI is InChI=1S/C13H11BrClN5S/c1-7-10-11(18-12(15)16-7)20(2)19-13(21-10)17-9-5-3-8(14)4-6-9/h3-6H,1-2H3,(H,17,19). The molecule has 8 heteroatoms. The van der Waals surface area contributed by atoms with Gasteiger partial charge in [-0.2, -0.15) is 4.98 Å². The Labute approximate surface area is 139 Å². The van der Waals surface area contributed by atoms with Gasteiger partial charge in [-0.15, -0.1) is 0 Å². The average molecular weight is 385 g/mol. The van der Waals surface area contributed by atoms with Crippen molar-refractivity contribution < 1.29 is 0 Å². The molecule has 0 saturated carbocycles. The normalized spacial score (nSPS) is 15.8. The number of hydrogen-bond donors (Lipinski definition) is 1. The minimum Gasteiger partial charge on any atom is -0.275 e. The molecule has 0 saturated heterocycles. The van der Waals surface area contributed by atoms with E-state index < -0.39 is 0 Å². The van der Waals surface area contributed by atoms with E-state index in [0.29, 0.717) is 0 Å². The molecule has 1 aromatic heterocycles. The molecule has 0 amide bonds. The summed E-state index contributed by atoms with van der Waals surface area (Å²) in [5.41, 5.74) is 4.89. The lowest BCUT2D eigenvalue weighted by Crippen LogP contribution is -2.41. The maximum absolute atomic E-state index is 5.91. The molecule has 1 N–H and O–H groups in total. The topological polar surface area (TPSA) is 53.4 Å². The second kappa shape index (κ2) is 5.82. The molecule has 2 aromatic rings. The van der Waals surface area contributed by atoms with Crippen LogP contribution in [0.2, 0.25) is 5.28 Å². The fourth-order valence-corrected chi connectivity index (χ4v) is 3.32. The van der Waals surface area contributed by atoms with Gasteiger partial charge in [-0.25, -0.2) is 9.98 Å². The van der Waals surface area contributed by atoms with E-state index in [1.165, 1.54) is 11.8 Å². The Hall–Kier alpha value is -1.31. The van der Waals surface area contributed by atoms with Crippen molar-refractivity contribution in [2.75, 3.05) is 12.1 Å². The van der Waals surface area contributed by atoms with Gasteiger partial charge in [-0.1, -0.05) is 15.9 Å². The number of nitrogens with zero attached hydrogens (tertiary/aromatic N) is 4. The molecule has 3 rings (SSSR count). The van der Waals surface area contributed by atoms with E-state index in [9.17, 15) is 0 Å². The van der Waals surface area contributed by atoms with Crippen LogP contribution in [0.5, 0.6) is 0 Å². The molecule has 1 aromatic carbocycles. The zero-order valence-electron chi connectivity index (χ0n) is 11.3. The first-order chi connectivity index (χ1) is 10.0. The average Bonchev–Trinajstić information content (AvgIpc) is 2.43. The molecule has 0 bridgehead atoms. The Morgan fingerprint density at radius 1 is 1.29 bits per heavy atom. The Morgan fingerprint density at radius 3 is 2.71 bits per heavy atom. The highest BCUT2D eigenvalue weighted by Gasteiger charge is 2.23. The molecule has 0 unspecified atom stereocenters. The highest BCUT2D eigenvalue weighted by Crippen LogP contribution is 2.35. The van der Waals surface area contributed by atoms with Gasteiger partial charge >= 0.3 is 0 Å². The van der Waals surface area contributed by atoms with Gasteiger partial charge < -0.3 is 0 Å². The number of rotatable bonds is 1. The van der Waals surface area contributed by atoms with E-state index in [4.69, 9.17) is 11.6 Å². The van der Waals surface area contributed by atoms with Crippen LogP contribution in [-0.4, -0.2) is 22.2 Å². The van der Waals surface area contributed by atoms with Gasteiger partial charge in [0, 0.05) is 11.5 Å². The molecule has 0 atom stereocenters. The summed E-state index contributed by atoms with van der Waals surface area (Å²) in [5.74, 6) is 0.757. The summed E-state index contributed by atoms with van der Waals surface area (Å²) < 4.78 is 1.03. The summed E-state index contributed by atoms with van der Waals surface area (Å²) in [6.45, 7) is 1.91. The monoisotopic (exact) mass is 383 g/mol. The van der Waals surface area contributed by atoms with E-state index in [2.05, 4.69) is 36.3 Å². The molecule has 0 radical (unpaired) electrons. The number of benzene rings is 1. The first-order valence-electron chi connectivity index (χ1n) is 6.09. The molecular weight excluding hydrogens is 374 g/mol. The fourth-order valence-electron chi connectivity index (χ4n) is 1.86. The summed E-state index contributed by atoms with van der Waals surface area (Å²) in [6, 6.07) is 7.80. The maximum Gasteiger partial charge on any atom is 0.224 e. The van der Waals surface area contributed by atoms with Gasteiger partial charge in [-0.05, 0) is 54.6 Å². The van der Waals surface area contributed by atoms with Crippen LogP contribution in [0.1, 0.15) is 5.69 Å². The molecule has 108 valence electrons. The lowest BCUT2D eigenvalue weighted by molar-refractivity contribution is 0.825. The summed E-state index contributed by atoms with van der Waals surface area (Å²) in [5, 5.41) is 2.81. The lowest BCUT2D eigenvalue weighted by atomic mass is 10.3. The van der Waals surface area contributed by atoms with Crippen LogP contribution in [-0.2, 0) is 0 Å². The first-order valence-corrected chi connectivity index (χ1v) is 8.08. The third-order valence-electron chi connectivity index (χ3n) is 2.83. The van der Waals surface area contributed by atoms with E-state index in [1.807, 2.05) is 38.2 Å². The number of hydrogen-bond acceptors (Lipinski definition) is 5. The molecular formula is C13H11BrClN5S. The van der Waals surface area contributed by atoms with Gasteiger partial charge in [0.2, 0.25) is 5.28 Å². The predicted octanol–water partition coefficient (Wildman–Crippen LogP) is 3.94. The van der Waals surface area contributed by atoms with Crippen molar-refractivity contribution in [3.8, 4) is 0 Å². The number of amidine groups is 1. The summed E-state index contributed by atoms with van der Waals surface area (Å²) in [7, 11) is 1.87. The SMILES string of the molecule is Cc1nc(Cl)nc2c1SC(=Nc1ccc(Br)cc1)NN2C. The largest absolute Gasteiger partial charge is 0.275 e. The molecule has 1 aliphatic heterocycles. The van der Waals surface area contributed by atoms with Crippen molar-refractivity contribution in [1.29, 1.82) is 0 Å². The van der Waals surface area contributed by atoms with Gasteiger partial charge in [0.15, 0.2) is 11.0 Å². The molecule has 2 heterocycles. The Balaban J connectivity index is 1.96. The second-order valence-electron chi connectivity index (χ2n) is 4.40. The van der Waals surface area contributed by atoms with Gasteiger partial charge in [0.05, 0.1) is 16.3 Å². The van der Waals surface area contributed by atoms with Crippen LogP contribution in [0.25, 0.3) is 0 Å². The molecule has 0 spiro atoms.